The monoisotopic (exact) mass is 473 g/mol. The van der Waals surface area contributed by atoms with Gasteiger partial charge in [0.2, 0.25) is 5.91 Å². The number of nitrogens with one attached hydrogen (secondary N) is 1. The van der Waals surface area contributed by atoms with E-state index in [1.165, 1.54) is 0 Å². The van der Waals surface area contributed by atoms with Crippen LogP contribution in [0.1, 0.15) is 32.8 Å². The first kappa shape index (κ1) is 23.3. The van der Waals surface area contributed by atoms with Crippen LogP contribution in [0.25, 0.3) is 44.2 Å². The number of carbonyl (C=O) groups is 1. The summed E-state index contributed by atoms with van der Waals surface area (Å²) in [5.41, 5.74) is 7.05. The SMILES string of the molecule is CCC(=O)Nc1ccc(-c2ccc3ncc4c(c(-c5ccc(C(C)(C)C#N)cc5)nn4C)c3c2)cc1. The van der Waals surface area contributed by atoms with Crippen molar-refractivity contribution in [1.29, 1.82) is 5.26 Å². The molecule has 1 amide bonds. The number of amides is 1. The van der Waals surface area contributed by atoms with Crippen LogP contribution in [0.15, 0.2) is 72.9 Å². The molecule has 5 rings (SSSR count). The topological polar surface area (TPSA) is 83.6 Å². The Labute approximate surface area is 210 Å². The van der Waals surface area contributed by atoms with E-state index in [0.29, 0.717) is 6.42 Å². The number of rotatable bonds is 5. The Balaban J connectivity index is 1.62. The lowest BCUT2D eigenvalue weighted by atomic mass is 9.86. The summed E-state index contributed by atoms with van der Waals surface area (Å²) in [6, 6.07) is 24.6. The molecule has 6 heteroatoms. The second kappa shape index (κ2) is 8.94. The lowest BCUT2D eigenvalue weighted by Gasteiger charge is -2.15. The van der Waals surface area contributed by atoms with Crippen molar-refractivity contribution in [1.82, 2.24) is 14.8 Å². The number of nitriles is 1. The molecule has 3 aromatic carbocycles. The summed E-state index contributed by atoms with van der Waals surface area (Å²) in [5.74, 6) is -0.00440. The minimum Gasteiger partial charge on any atom is -0.326 e. The van der Waals surface area contributed by atoms with E-state index in [4.69, 9.17) is 5.10 Å². The van der Waals surface area contributed by atoms with Gasteiger partial charge in [0.05, 0.1) is 28.7 Å². The van der Waals surface area contributed by atoms with Crippen LogP contribution in [0.5, 0.6) is 0 Å². The number of nitrogens with zero attached hydrogens (tertiary/aromatic N) is 4. The van der Waals surface area contributed by atoms with Gasteiger partial charge in [-0.1, -0.05) is 49.4 Å². The largest absolute Gasteiger partial charge is 0.326 e. The summed E-state index contributed by atoms with van der Waals surface area (Å²) in [6.45, 7) is 5.67. The lowest BCUT2D eigenvalue weighted by molar-refractivity contribution is -0.115. The summed E-state index contributed by atoms with van der Waals surface area (Å²) in [6.07, 6.45) is 2.31. The molecule has 0 fully saturated rings. The summed E-state index contributed by atoms with van der Waals surface area (Å²) < 4.78 is 1.86. The summed E-state index contributed by atoms with van der Waals surface area (Å²) >= 11 is 0. The Bertz CT molecular complexity index is 1640. The molecule has 0 radical (unpaired) electrons. The number of pyridine rings is 1. The van der Waals surface area contributed by atoms with Crippen LogP contribution in [0.4, 0.5) is 5.69 Å². The fraction of sp³-hybridized carbons (Fsp3) is 0.200. The highest BCUT2D eigenvalue weighted by molar-refractivity contribution is 6.12. The van der Waals surface area contributed by atoms with E-state index in [1.807, 2.05) is 93.3 Å². The maximum Gasteiger partial charge on any atom is 0.224 e. The molecule has 6 nitrogen and oxygen atoms in total. The second-order valence-corrected chi connectivity index (χ2v) is 9.52. The summed E-state index contributed by atoms with van der Waals surface area (Å²) in [7, 11) is 1.93. The number of aryl methyl sites for hydroxylation is 1. The predicted molar refractivity (Wildman–Crippen MR) is 144 cm³/mol. The van der Waals surface area contributed by atoms with Crippen molar-refractivity contribution in [2.24, 2.45) is 7.05 Å². The van der Waals surface area contributed by atoms with Gasteiger partial charge in [0, 0.05) is 35.5 Å². The maximum absolute atomic E-state index is 11.7. The van der Waals surface area contributed by atoms with E-state index in [-0.39, 0.29) is 5.91 Å². The normalized spacial score (nSPS) is 11.5. The molecule has 0 bridgehead atoms. The molecule has 0 spiro atoms. The van der Waals surface area contributed by atoms with E-state index >= 15 is 0 Å². The molecule has 178 valence electrons. The number of fused-ring (bicyclic) bond motifs is 3. The minimum absolute atomic E-state index is 0.00440. The lowest BCUT2D eigenvalue weighted by Crippen LogP contribution is -2.13. The van der Waals surface area contributed by atoms with Crippen molar-refractivity contribution in [2.75, 3.05) is 5.32 Å². The Morgan fingerprint density at radius 1 is 1.00 bits per heavy atom. The molecule has 0 saturated heterocycles. The number of carbonyl (C=O) groups excluding carboxylic acids is 1. The predicted octanol–water partition coefficient (Wildman–Crippen LogP) is 6.61. The van der Waals surface area contributed by atoms with Gasteiger partial charge in [-0.3, -0.25) is 14.5 Å². The standard InChI is InChI=1S/C30H27N5O/c1-5-27(36)33-23-13-8-19(9-14-23)21-10-15-25-24(16-21)28-26(17-32-25)35(4)34-29(28)20-6-11-22(12-7-20)30(2,3)18-31/h6-17H,5H2,1-4H3,(H,33,36). The average molecular weight is 474 g/mol. The molecular weight excluding hydrogens is 446 g/mol. The minimum atomic E-state index is -0.550. The number of anilines is 1. The van der Waals surface area contributed by atoms with Gasteiger partial charge in [-0.15, -0.1) is 0 Å². The van der Waals surface area contributed by atoms with Gasteiger partial charge < -0.3 is 5.32 Å². The van der Waals surface area contributed by atoms with Crippen LogP contribution in [0.3, 0.4) is 0 Å². The molecule has 2 aromatic heterocycles. The highest BCUT2D eigenvalue weighted by Crippen LogP contribution is 2.36. The molecule has 0 saturated carbocycles. The van der Waals surface area contributed by atoms with Crippen molar-refractivity contribution in [3.05, 3.63) is 78.5 Å². The second-order valence-electron chi connectivity index (χ2n) is 9.52. The molecule has 2 heterocycles. The molecule has 0 aliphatic heterocycles. The Morgan fingerprint density at radius 3 is 2.33 bits per heavy atom. The van der Waals surface area contributed by atoms with Crippen LogP contribution < -0.4 is 5.32 Å². The van der Waals surface area contributed by atoms with Gasteiger partial charge in [0.25, 0.3) is 0 Å². The number of benzene rings is 3. The third-order valence-electron chi connectivity index (χ3n) is 6.67. The Kier molecular flexibility index (Phi) is 5.77. The average Bonchev–Trinajstić information content (AvgIpc) is 3.25. The molecule has 0 atom stereocenters. The zero-order chi connectivity index (χ0) is 25.4. The fourth-order valence-corrected chi connectivity index (χ4v) is 4.42. The first-order chi connectivity index (χ1) is 17.3. The van der Waals surface area contributed by atoms with Gasteiger partial charge in [-0.25, -0.2) is 0 Å². The molecular formula is C30H27N5O. The van der Waals surface area contributed by atoms with Gasteiger partial charge in [0.1, 0.15) is 5.69 Å². The van der Waals surface area contributed by atoms with Crippen molar-refractivity contribution >= 4 is 33.4 Å². The van der Waals surface area contributed by atoms with E-state index in [1.54, 1.807) is 0 Å². The number of aromatic nitrogens is 3. The van der Waals surface area contributed by atoms with Gasteiger partial charge >= 0.3 is 0 Å². The van der Waals surface area contributed by atoms with Crippen LogP contribution in [-0.4, -0.2) is 20.7 Å². The molecule has 36 heavy (non-hydrogen) atoms. The highest BCUT2D eigenvalue weighted by Gasteiger charge is 2.21. The van der Waals surface area contributed by atoms with Gasteiger partial charge in [-0.2, -0.15) is 10.4 Å². The van der Waals surface area contributed by atoms with E-state index in [9.17, 15) is 10.1 Å². The quantitative estimate of drug-likeness (QED) is 0.311. The summed E-state index contributed by atoms with van der Waals surface area (Å²) in [5, 5.41) is 19.3. The smallest absolute Gasteiger partial charge is 0.224 e. The van der Waals surface area contributed by atoms with E-state index < -0.39 is 5.41 Å². The zero-order valence-electron chi connectivity index (χ0n) is 20.8. The van der Waals surface area contributed by atoms with Crippen LogP contribution in [-0.2, 0) is 17.3 Å². The van der Waals surface area contributed by atoms with Gasteiger partial charge in [0.15, 0.2) is 0 Å². The van der Waals surface area contributed by atoms with E-state index in [2.05, 4.69) is 28.5 Å². The molecule has 0 aliphatic carbocycles. The molecule has 1 N–H and O–H groups in total. The highest BCUT2D eigenvalue weighted by atomic mass is 16.1. The molecule has 5 aromatic rings. The van der Waals surface area contributed by atoms with Gasteiger partial charge in [-0.05, 0) is 54.8 Å². The van der Waals surface area contributed by atoms with Crippen LogP contribution in [0, 0.1) is 11.3 Å². The third-order valence-corrected chi connectivity index (χ3v) is 6.67. The third kappa shape index (κ3) is 4.09. The van der Waals surface area contributed by atoms with Crippen molar-refractivity contribution < 1.29 is 4.79 Å². The van der Waals surface area contributed by atoms with E-state index in [0.717, 1.165) is 55.4 Å². The molecule has 0 unspecified atom stereocenters. The zero-order valence-corrected chi connectivity index (χ0v) is 20.8. The van der Waals surface area contributed by atoms with Crippen LogP contribution >= 0.6 is 0 Å². The van der Waals surface area contributed by atoms with Crippen molar-refractivity contribution in [3.63, 3.8) is 0 Å². The first-order valence-electron chi connectivity index (χ1n) is 12.0. The van der Waals surface area contributed by atoms with Crippen molar-refractivity contribution in [3.8, 4) is 28.5 Å². The summed E-state index contributed by atoms with van der Waals surface area (Å²) in [4.78, 5) is 16.4. The molecule has 0 aliphatic rings. The Hall–Kier alpha value is -4.50. The van der Waals surface area contributed by atoms with Crippen molar-refractivity contribution in [2.45, 2.75) is 32.6 Å². The van der Waals surface area contributed by atoms with Crippen LogP contribution in [0.2, 0.25) is 0 Å². The first-order valence-corrected chi connectivity index (χ1v) is 12.0. The maximum atomic E-state index is 11.7. The number of hydrogen-bond donors (Lipinski definition) is 1. The Morgan fingerprint density at radius 2 is 1.67 bits per heavy atom. The fourth-order valence-electron chi connectivity index (χ4n) is 4.42. The number of hydrogen-bond acceptors (Lipinski definition) is 4.